The molecule has 2 aromatic carbocycles. The van der Waals surface area contributed by atoms with Gasteiger partial charge in [0, 0.05) is 11.9 Å². The standard InChI is InChI=1S/C23H23Cl2N7O3S/c1-31(2)11-4-12-36(34,35)15-9-7-14(8-10-15)28-22-27-13-16-20(26)32(23(33)30-21(16)29-22)19-17(24)5-3-6-18(19)25/h3,5-10,13H,4,11-12,26H2,1-2H3,(H,28,29,30,33). The Morgan fingerprint density at radius 1 is 1.06 bits per heavy atom. The number of sulfone groups is 1. The summed E-state index contributed by atoms with van der Waals surface area (Å²) in [6.07, 6.45) is 1.97. The van der Waals surface area contributed by atoms with Crippen LogP contribution in [-0.4, -0.2) is 59.2 Å². The fraction of sp³-hybridized carbons (Fsp3) is 0.217. The summed E-state index contributed by atoms with van der Waals surface area (Å²) in [6.45, 7) is 0.688. The van der Waals surface area contributed by atoms with Gasteiger partial charge in [-0.1, -0.05) is 29.3 Å². The van der Waals surface area contributed by atoms with Gasteiger partial charge >= 0.3 is 5.69 Å². The quantitative estimate of drug-likeness (QED) is 0.339. The number of hydrogen-bond donors (Lipinski definition) is 2. The van der Waals surface area contributed by atoms with E-state index >= 15 is 0 Å². The lowest BCUT2D eigenvalue weighted by Gasteiger charge is -2.14. The molecule has 0 atom stereocenters. The molecule has 0 spiro atoms. The van der Waals surface area contributed by atoms with E-state index in [0.717, 1.165) is 4.57 Å². The Labute approximate surface area is 217 Å². The zero-order valence-electron chi connectivity index (χ0n) is 19.4. The molecule has 2 aromatic heterocycles. The minimum absolute atomic E-state index is 0.0374. The maximum Gasteiger partial charge on any atom is 0.355 e. The van der Waals surface area contributed by atoms with E-state index in [2.05, 4.69) is 20.3 Å². The van der Waals surface area contributed by atoms with Gasteiger partial charge in [-0.15, -0.1) is 0 Å². The molecule has 0 aliphatic rings. The number of fused-ring (bicyclic) bond motifs is 1. The Morgan fingerprint density at radius 3 is 2.36 bits per heavy atom. The van der Waals surface area contributed by atoms with Crippen molar-refractivity contribution in [3.63, 3.8) is 0 Å². The van der Waals surface area contributed by atoms with Crippen molar-refractivity contribution in [3.8, 4) is 5.69 Å². The second-order valence-corrected chi connectivity index (χ2v) is 11.2. The number of nitrogens with zero attached hydrogens (tertiary/aromatic N) is 5. The highest BCUT2D eigenvalue weighted by molar-refractivity contribution is 7.91. The van der Waals surface area contributed by atoms with E-state index in [1.807, 2.05) is 19.0 Å². The van der Waals surface area contributed by atoms with Gasteiger partial charge in [-0.3, -0.25) is 0 Å². The molecule has 0 aliphatic heterocycles. The van der Waals surface area contributed by atoms with Gasteiger partial charge < -0.3 is 16.0 Å². The summed E-state index contributed by atoms with van der Waals surface area (Å²) in [4.78, 5) is 27.5. The third-order valence-corrected chi connectivity index (χ3v) is 7.75. The van der Waals surface area contributed by atoms with Crippen LogP contribution in [0.5, 0.6) is 0 Å². The predicted octanol–water partition coefficient (Wildman–Crippen LogP) is 3.53. The van der Waals surface area contributed by atoms with Gasteiger partial charge in [-0.2, -0.15) is 9.97 Å². The second kappa shape index (κ2) is 10.4. The number of nitrogens with one attached hydrogen (secondary N) is 1. The molecule has 0 unspecified atom stereocenters. The average Bonchev–Trinajstić information content (AvgIpc) is 2.80. The number of rotatable bonds is 8. The Kier molecular flexibility index (Phi) is 7.46. The molecular formula is C23H23Cl2N7O3S. The molecule has 4 aromatic rings. The fourth-order valence-electron chi connectivity index (χ4n) is 3.55. The number of nitrogen functional groups attached to an aromatic ring is 1. The van der Waals surface area contributed by atoms with Crippen molar-refractivity contribution in [1.82, 2.24) is 24.4 Å². The van der Waals surface area contributed by atoms with E-state index in [1.165, 1.54) is 18.3 Å². The van der Waals surface area contributed by atoms with E-state index in [0.29, 0.717) is 24.0 Å². The molecule has 0 bridgehead atoms. The molecule has 13 heteroatoms. The number of nitrogens with two attached hydrogens (primary N) is 1. The molecule has 3 N–H and O–H groups in total. The number of aromatic nitrogens is 4. The van der Waals surface area contributed by atoms with Crippen LogP contribution in [0.15, 0.2) is 58.4 Å². The highest BCUT2D eigenvalue weighted by Crippen LogP contribution is 2.30. The highest BCUT2D eigenvalue weighted by atomic mass is 35.5. The van der Waals surface area contributed by atoms with Gasteiger partial charge in [0.05, 0.1) is 31.8 Å². The monoisotopic (exact) mass is 547 g/mol. The van der Waals surface area contributed by atoms with Crippen LogP contribution in [-0.2, 0) is 9.84 Å². The average molecular weight is 548 g/mol. The summed E-state index contributed by atoms with van der Waals surface area (Å²) >= 11 is 12.5. The molecule has 0 amide bonds. The van der Waals surface area contributed by atoms with Crippen molar-refractivity contribution in [2.75, 3.05) is 37.4 Å². The van der Waals surface area contributed by atoms with E-state index < -0.39 is 15.5 Å². The topological polar surface area (TPSA) is 136 Å². The van der Waals surface area contributed by atoms with Gasteiger partial charge in [-0.05, 0) is 63.5 Å². The van der Waals surface area contributed by atoms with Crippen LogP contribution in [0.25, 0.3) is 16.7 Å². The third-order valence-electron chi connectivity index (χ3n) is 5.33. The van der Waals surface area contributed by atoms with Crippen LogP contribution < -0.4 is 16.7 Å². The summed E-state index contributed by atoms with van der Waals surface area (Å²) in [6, 6.07) is 11.1. The Hall–Kier alpha value is -3.25. The summed E-state index contributed by atoms with van der Waals surface area (Å²) in [5, 5.41) is 3.78. The molecule has 0 saturated heterocycles. The van der Waals surface area contributed by atoms with Crippen LogP contribution in [0.1, 0.15) is 6.42 Å². The van der Waals surface area contributed by atoms with Gasteiger partial charge in [-0.25, -0.2) is 22.8 Å². The van der Waals surface area contributed by atoms with Crippen LogP contribution in [0.2, 0.25) is 10.0 Å². The first-order valence-electron chi connectivity index (χ1n) is 10.8. The first-order chi connectivity index (χ1) is 17.1. The molecule has 4 rings (SSSR count). The van der Waals surface area contributed by atoms with Crippen LogP contribution >= 0.6 is 23.2 Å². The maximum absolute atomic E-state index is 12.8. The Morgan fingerprint density at radius 2 is 1.72 bits per heavy atom. The maximum atomic E-state index is 12.8. The molecule has 10 nitrogen and oxygen atoms in total. The van der Waals surface area contributed by atoms with E-state index in [4.69, 9.17) is 28.9 Å². The zero-order chi connectivity index (χ0) is 26.0. The molecule has 188 valence electrons. The lowest BCUT2D eigenvalue weighted by atomic mass is 10.3. The van der Waals surface area contributed by atoms with Gasteiger partial charge in [0.15, 0.2) is 15.5 Å². The van der Waals surface area contributed by atoms with Crippen LogP contribution in [0.3, 0.4) is 0 Å². The number of anilines is 3. The highest BCUT2D eigenvalue weighted by Gasteiger charge is 2.18. The molecule has 0 fully saturated rings. The summed E-state index contributed by atoms with van der Waals surface area (Å²) in [5.74, 6) is 0.259. The largest absolute Gasteiger partial charge is 0.384 e. The van der Waals surface area contributed by atoms with Crippen molar-refractivity contribution in [2.24, 2.45) is 0 Å². The number of benzene rings is 2. The first kappa shape index (κ1) is 25.8. The lowest BCUT2D eigenvalue weighted by molar-refractivity contribution is 0.408. The van der Waals surface area contributed by atoms with Crippen LogP contribution in [0.4, 0.5) is 17.5 Å². The number of para-hydroxylation sites is 1. The smallest absolute Gasteiger partial charge is 0.355 e. The predicted molar refractivity (Wildman–Crippen MR) is 142 cm³/mol. The number of hydrogen-bond acceptors (Lipinski definition) is 9. The summed E-state index contributed by atoms with van der Waals surface area (Å²) in [5.41, 5.74) is 6.40. The molecule has 0 aliphatic carbocycles. The normalized spacial score (nSPS) is 11.8. The minimum atomic E-state index is -3.38. The van der Waals surface area contributed by atoms with Crippen molar-refractivity contribution < 1.29 is 8.42 Å². The van der Waals surface area contributed by atoms with Gasteiger partial charge in [0.1, 0.15) is 5.82 Å². The Balaban J connectivity index is 1.59. The zero-order valence-corrected chi connectivity index (χ0v) is 21.8. The molecular weight excluding hydrogens is 525 g/mol. The van der Waals surface area contributed by atoms with Gasteiger partial charge in [0.25, 0.3) is 0 Å². The number of halogens is 2. The summed E-state index contributed by atoms with van der Waals surface area (Å²) in [7, 11) is 0.415. The van der Waals surface area contributed by atoms with Gasteiger partial charge in [0.2, 0.25) is 5.95 Å². The van der Waals surface area contributed by atoms with Crippen molar-refractivity contribution in [3.05, 3.63) is 69.2 Å². The van der Waals surface area contributed by atoms with Crippen LogP contribution in [0, 0.1) is 0 Å². The van der Waals surface area contributed by atoms with E-state index in [1.54, 1.807) is 30.3 Å². The fourth-order valence-corrected chi connectivity index (χ4v) is 5.41. The van der Waals surface area contributed by atoms with E-state index in [9.17, 15) is 13.2 Å². The summed E-state index contributed by atoms with van der Waals surface area (Å²) < 4.78 is 26.2. The first-order valence-corrected chi connectivity index (χ1v) is 13.2. The van der Waals surface area contributed by atoms with E-state index in [-0.39, 0.29) is 43.8 Å². The second-order valence-electron chi connectivity index (χ2n) is 8.24. The third kappa shape index (κ3) is 5.44. The molecule has 2 heterocycles. The molecule has 36 heavy (non-hydrogen) atoms. The van der Waals surface area contributed by atoms with Crippen molar-refractivity contribution in [1.29, 1.82) is 0 Å². The Bertz CT molecular complexity index is 1570. The van der Waals surface area contributed by atoms with Crippen molar-refractivity contribution >= 4 is 61.5 Å². The molecule has 0 radical (unpaired) electrons. The molecule has 0 saturated carbocycles. The lowest BCUT2D eigenvalue weighted by Crippen LogP contribution is -2.25. The SMILES string of the molecule is CN(C)CCCS(=O)(=O)c1ccc(Nc2ncc3c(N)n(-c4c(Cl)cccc4Cl)c(=O)nc3n2)cc1. The van der Waals surface area contributed by atoms with Crippen molar-refractivity contribution in [2.45, 2.75) is 11.3 Å². The minimum Gasteiger partial charge on any atom is -0.384 e.